The molecule has 2 aliphatic heterocycles. The number of nitrogens with zero attached hydrogens (tertiary/aromatic N) is 3. The van der Waals surface area contributed by atoms with Crippen molar-refractivity contribution in [2.24, 2.45) is 0 Å². The molecule has 40 heavy (non-hydrogen) atoms. The van der Waals surface area contributed by atoms with Crippen molar-refractivity contribution in [3.8, 4) is 5.75 Å². The summed E-state index contributed by atoms with van der Waals surface area (Å²) < 4.78 is 12.8. The number of ether oxygens (including phenoxy) is 1. The SMILES string of the molecule is Cc1ccc(/C=C/c2onc(C)c2N2C=C(c3ccccc3)N3c4ccccc4OC3(c3ccccc3)C2)cc1. The molecule has 2 aliphatic rings. The summed E-state index contributed by atoms with van der Waals surface area (Å²) in [5.74, 6) is 1.56. The summed E-state index contributed by atoms with van der Waals surface area (Å²) in [6, 6.07) is 37.6. The van der Waals surface area contributed by atoms with Gasteiger partial charge >= 0.3 is 0 Å². The molecule has 196 valence electrons. The van der Waals surface area contributed by atoms with E-state index in [0.29, 0.717) is 12.3 Å². The summed E-state index contributed by atoms with van der Waals surface area (Å²) in [5.41, 5.74) is 7.53. The maximum absolute atomic E-state index is 6.96. The minimum Gasteiger partial charge on any atom is -0.459 e. The first-order chi connectivity index (χ1) is 19.6. The van der Waals surface area contributed by atoms with Crippen molar-refractivity contribution in [1.82, 2.24) is 5.16 Å². The van der Waals surface area contributed by atoms with Crippen molar-refractivity contribution in [1.29, 1.82) is 0 Å². The zero-order valence-corrected chi connectivity index (χ0v) is 22.5. The Morgan fingerprint density at radius 1 is 0.775 bits per heavy atom. The van der Waals surface area contributed by atoms with E-state index in [-0.39, 0.29) is 0 Å². The van der Waals surface area contributed by atoms with Crippen LogP contribution in [0.1, 0.15) is 33.7 Å². The Labute approximate surface area is 234 Å². The Hall–Kier alpha value is -5.03. The van der Waals surface area contributed by atoms with Gasteiger partial charge in [0.25, 0.3) is 0 Å². The van der Waals surface area contributed by atoms with Crippen LogP contribution in [0.25, 0.3) is 17.8 Å². The highest BCUT2D eigenvalue weighted by Gasteiger charge is 2.53. The number of fused-ring (bicyclic) bond motifs is 3. The largest absolute Gasteiger partial charge is 0.459 e. The predicted molar refractivity (Wildman–Crippen MR) is 161 cm³/mol. The van der Waals surface area contributed by atoms with Gasteiger partial charge in [-0.25, -0.2) is 0 Å². The highest BCUT2D eigenvalue weighted by atomic mass is 16.5. The molecule has 0 spiro atoms. The number of benzene rings is 4. The third-order valence-electron chi connectivity index (χ3n) is 7.59. The van der Waals surface area contributed by atoms with Crippen molar-refractivity contribution < 1.29 is 9.26 Å². The molecule has 5 heteroatoms. The average Bonchev–Trinajstić information content (AvgIpc) is 3.55. The van der Waals surface area contributed by atoms with Gasteiger partial charge < -0.3 is 14.2 Å². The van der Waals surface area contributed by atoms with Crippen molar-refractivity contribution >= 4 is 29.2 Å². The van der Waals surface area contributed by atoms with Crippen LogP contribution < -0.4 is 14.5 Å². The van der Waals surface area contributed by atoms with Crippen molar-refractivity contribution in [3.05, 3.63) is 149 Å². The second-order valence-electron chi connectivity index (χ2n) is 10.3. The Kier molecular flexibility index (Phi) is 5.78. The number of hydrogen-bond donors (Lipinski definition) is 0. The average molecular weight is 524 g/mol. The van der Waals surface area contributed by atoms with Crippen LogP contribution >= 0.6 is 0 Å². The molecule has 4 aromatic carbocycles. The molecule has 0 bridgehead atoms. The highest BCUT2D eigenvalue weighted by Crippen LogP contribution is 2.54. The van der Waals surface area contributed by atoms with E-state index in [1.165, 1.54) is 5.56 Å². The van der Waals surface area contributed by atoms with Crippen LogP contribution in [0.5, 0.6) is 5.75 Å². The second kappa shape index (κ2) is 9.62. The Balaban J connectivity index is 1.41. The van der Waals surface area contributed by atoms with E-state index >= 15 is 0 Å². The lowest BCUT2D eigenvalue weighted by Crippen LogP contribution is -2.56. The van der Waals surface area contributed by atoms with E-state index in [0.717, 1.165) is 45.2 Å². The molecule has 3 heterocycles. The number of aromatic nitrogens is 1. The number of hydrogen-bond acceptors (Lipinski definition) is 5. The van der Waals surface area contributed by atoms with Gasteiger partial charge in [0, 0.05) is 11.8 Å². The summed E-state index contributed by atoms with van der Waals surface area (Å²) >= 11 is 0. The fourth-order valence-corrected chi connectivity index (χ4v) is 5.68. The van der Waals surface area contributed by atoms with Crippen LogP contribution in [0.4, 0.5) is 11.4 Å². The minimum atomic E-state index is -0.799. The molecule has 7 rings (SSSR count). The van der Waals surface area contributed by atoms with Gasteiger partial charge in [-0.3, -0.25) is 4.90 Å². The standard InChI is InChI=1S/C35H29N3O2/c1-25-17-19-27(20-18-25)21-22-33-34(26(2)36-40-33)37-23-31(28-11-5-3-6-12-28)38-30-15-9-10-16-32(30)39-35(38,24-37)29-13-7-4-8-14-29/h3-23H,24H2,1-2H3/b22-21+. The predicted octanol–water partition coefficient (Wildman–Crippen LogP) is 8.03. The van der Waals surface area contributed by atoms with Crippen molar-refractivity contribution in [2.75, 3.05) is 16.3 Å². The van der Waals surface area contributed by atoms with Gasteiger partial charge in [-0.15, -0.1) is 0 Å². The van der Waals surface area contributed by atoms with Gasteiger partial charge in [0.2, 0.25) is 5.72 Å². The summed E-state index contributed by atoms with van der Waals surface area (Å²) in [7, 11) is 0. The first kappa shape index (κ1) is 24.0. The molecule has 0 saturated carbocycles. The van der Waals surface area contributed by atoms with Gasteiger partial charge in [0.1, 0.15) is 17.1 Å². The molecule has 0 saturated heterocycles. The van der Waals surface area contributed by atoms with Gasteiger partial charge in [-0.2, -0.15) is 0 Å². The summed E-state index contributed by atoms with van der Waals surface area (Å²) in [6.45, 7) is 4.62. The molecule has 0 fully saturated rings. The first-order valence-corrected chi connectivity index (χ1v) is 13.5. The molecular formula is C35H29N3O2. The third kappa shape index (κ3) is 3.98. The molecule has 1 atom stereocenters. The number of para-hydroxylation sites is 2. The van der Waals surface area contributed by atoms with Gasteiger partial charge in [0.15, 0.2) is 5.76 Å². The van der Waals surface area contributed by atoms with E-state index in [4.69, 9.17) is 9.26 Å². The Morgan fingerprint density at radius 2 is 1.48 bits per heavy atom. The van der Waals surface area contributed by atoms with Gasteiger partial charge in [-0.05, 0) is 43.2 Å². The lowest BCUT2D eigenvalue weighted by Gasteiger charge is -2.46. The van der Waals surface area contributed by atoms with Crippen molar-refractivity contribution in [2.45, 2.75) is 19.6 Å². The van der Waals surface area contributed by atoms with Crippen molar-refractivity contribution in [3.63, 3.8) is 0 Å². The fourth-order valence-electron chi connectivity index (χ4n) is 5.68. The molecule has 0 aliphatic carbocycles. The quantitative estimate of drug-likeness (QED) is 0.233. The number of rotatable bonds is 5. The molecule has 0 N–H and O–H groups in total. The van der Waals surface area contributed by atoms with Crippen LogP contribution in [0.3, 0.4) is 0 Å². The molecule has 0 amide bonds. The van der Waals surface area contributed by atoms with E-state index < -0.39 is 5.72 Å². The molecule has 5 nitrogen and oxygen atoms in total. The monoisotopic (exact) mass is 523 g/mol. The topological polar surface area (TPSA) is 41.7 Å². The number of aryl methyl sites for hydroxylation is 2. The molecule has 5 aromatic rings. The molecular weight excluding hydrogens is 494 g/mol. The van der Waals surface area contributed by atoms with Gasteiger partial charge in [0.05, 0.1) is 17.9 Å². The lowest BCUT2D eigenvalue weighted by atomic mass is 9.95. The molecule has 1 unspecified atom stereocenters. The minimum absolute atomic E-state index is 0.537. The van der Waals surface area contributed by atoms with Crippen LogP contribution in [-0.4, -0.2) is 11.7 Å². The maximum Gasteiger partial charge on any atom is 0.231 e. The summed E-state index contributed by atoms with van der Waals surface area (Å²) in [6.07, 6.45) is 6.27. The number of anilines is 2. The van der Waals surface area contributed by atoms with Gasteiger partial charge in [-0.1, -0.05) is 114 Å². The third-order valence-corrected chi connectivity index (χ3v) is 7.59. The van der Waals surface area contributed by atoms with E-state index in [9.17, 15) is 0 Å². The Morgan fingerprint density at radius 3 is 2.25 bits per heavy atom. The van der Waals surface area contributed by atoms with E-state index in [1.54, 1.807) is 0 Å². The highest BCUT2D eigenvalue weighted by molar-refractivity contribution is 5.89. The second-order valence-corrected chi connectivity index (χ2v) is 10.3. The zero-order chi connectivity index (χ0) is 27.1. The zero-order valence-electron chi connectivity index (χ0n) is 22.5. The summed E-state index contributed by atoms with van der Waals surface area (Å²) in [4.78, 5) is 4.58. The van der Waals surface area contributed by atoms with E-state index in [1.807, 2.05) is 37.3 Å². The van der Waals surface area contributed by atoms with Crippen LogP contribution in [0, 0.1) is 13.8 Å². The van der Waals surface area contributed by atoms with Crippen LogP contribution in [0.15, 0.2) is 120 Å². The fraction of sp³-hybridized carbons (Fsp3) is 0.114. The normalized spacial score (nSPS) is 17.9. The lowest BCUT2D eigenvalue weighted by molar-refractivity contribution is 0.103. The summed E-state index contributed by atoms with van der Waals surface area (Å²) in [5, 5.41) is 4.38. The maximum atomic E-state index is 6.96. The smallest absolute Gasteiger partial charge is 0.231 e. The Bertz CT molecular complexity index is 1720. The first-order valence-electron chi connectivity index (χ1n) is 13.5. The molecule has 0 radical (unpaired) electrons. The van der Waals surface area contributed by atoms with Crippen LogP contribution in [-0.2, 0) is 5.72 Å². The van der Waals surface area contributed by atoms with E-state index in [2.05, 4.69) is 119 Å². The molecule has 1 aromatic heterocycles. The van der Waals surface area contributed by atoms with Crippen LogP contribution in [0.2, 0.25) is 0 Å².